The number of halogens is 1. The zero-order valence-corrected chi connectivity index (χ0v) is 12.8. The summed E-state index contributed by atoms with van der Waals surface area (Å²) < 4.78 is 12.9. The number of rotatable bonds is 5. The lowest BCUT2D eigenvalue weighted by Gasteiger charge is -2.15. The lowest BCUT2D eigenvalue weighted by atomic mass is 10.2. The van der Waals surface area contributed by atoms with E-state index >= 15 is 0 Å². The largest absolute Gasteiger partial charge is 0.367 e. The van der Waals surface area contributed by atoms with Gasteiger partial charge in [0.15, 0.2) is 0 Å². The lowest BCUT2D eigenvalue weighted by Crippen LogP contribution is -2.27. The highest BCUT2D eigenvalue weighted by molar-refractivity contribution is 5.36. The van der Waals surface area contributed by atoms with Gasteiger partial charge in [-0.15, -0.1) is 0 Å². The first-order valence-corrected chi connectivity index (χ1v) is 7.87. The first kappa shape index (κ1) is 15.0. The van der Waals surface area contributed by atoms with E-state index in [4.69, 9.17) is 0 Å². The monoisotopic (exact) mass is 299 g/mol. The first-order chi connectivity index (χ1) is 10.7. The van der Waals surface area contributed by atoms with Crippen LogP contribution in [0.1, 0.15) is 30.5 Å². The molecule has 3 nitrogen and oxygen atoms in total. The molecule has 4 heteroatoms. The Bertz CT molecular complexity index is 612. The van der Waals surface area contributed by atoms with Gasteiger partial charge >= 0.3 is 0 Å². The maximum atomic E-state index is 12.9. The Kier molecular flexibility index (Phi) is 4.68. The van der Waals surface area contributed by atoms with E-state index in [1.54, 1.807) is 0 Å². The highest BCUT2D eigenvalue weighted by Crippen LogP contribution is 2.23. The number of pyridine rings is 1. The molecule has 116 valence electrons. The predicted molar refractivity (Wildman–Crippen MR) is 87.3 cm³/mol. The van der Waals surface area contributed by atoms with Crippen LogP contribution in [-0.2, 0) is 6.54 Å². The molecule has 0 saturated heterocycles. The molecule has 1 aromatic heterocycles. The van der Waals surface area contributed by atoms with E-state index in [0.29, 0.717) is 12.1 Å². The van der Waals surface area contributed by atoms with Crippen LogP contribution in [0.5, 0.6) is 0 Å². The Hall–Kier alpha value is -1.94. The molecule has 1 aliphatic carbocycles. The van der Waals surface area contributed by atoms with Crippen molar-refractivity contribution in [1.29, 1.82) is 0 Å². The van der Waals surface area contributed by atoms with Gasteiger partial charge in [-0.2, -0.15) is 0 Å². The lowest BCUT2D eigenvalue weighted by molar-refractivity contribution is 0.519. The van der Waals surface area contributed by atoms with Gasteiger partial charge in [-0.1, -0.05) is 18.2 Å². The average molecular weight is 299 g/mol. The van der Waals surface area contributed by atoms with Crippen LogP contribution < -0.4 is 10.6 Å². The maximum Gasteiger partial charge on any atom is 0.126 e. The molecule has 1 saturated carbocycles. The Morgan fingerprint density at radius 3 is 2.64 bits per heavy atom. The van der Waals surface area contributed by atoms with E-state index in [9.17, 15) is 4.39 Å². The second-order valence-corrected chi connectivity index (χ2v) is 6.02. The molecule has 0 radical (unpaired) electrons. The summed E-state index contributed by atoms with van der Waals surface area (Å²) in [5.41, 5.74) is 2.16. The number of benzene rings is 1. The van der Waals surface area contributed by atoms with Crippen LogP contribution in [0.3, 0.4) is 0 Å². The van der Waals surface area contributed by atoms with Crippen molar-refractivity contribution in [2.24, 2.45) is 0 Å². The predicted octanol–water partition coefficient (Wildman–Crippen LogP) is 3.65. The average Bonchev–Trinajstić information content (AvgIpc) is 2.94. The normalized spacial score (nSPS) is 21.0. The molecule has 2 atom stereocenters. The van der Waals surface area contributed by atoms with Crippen LogP contribution >= 0.6 is 0 Å². The Labute approximate surface area is 131 Å². The van der Waals surface area contributed by atoms with Crippen LogP contribution in [0.4, 0.5) is 10.2 Å². The molecule has 1 aliphatic rings. The molecular weight excluding hydrogens is 277 g/mol. The summed E-state index contributed by atoms with van der Waals surface area (Å²) in [6, 6.07) is 13.7. The number of nitrogens with zero attached hydrogens (tertiary/aromatic N) is 1. The van der Waals surface area contributed by atoms with Gasteiger partial charge in [-0.3, -0.25) is 0 Å². The maximum absolute atomic E-state index is 12.9. The van der Waals surface area contributed by atoms with E-state index in [0.717, 1.165) is 42.9 Å². The van der Waals surface area contributed by atoms with Crippen LogP contribution in [-0.4, -0.2) is 17.1 Å². The molecule has 22 heavy (non-hydrogen) atoms. The number of hydrogen-bond acceptors (Lipinski definition) is 3. The number of nitrogens with one attached hydrogen (secondary N) is 2. The van der Waals surface area contributed by atoms with Gasteiger partial charge in [0.2, 0.25) is 0 Å². The third-order valence-electron chi connectivity index (χ3n) is 4.18. The SMILES string of the molecule is Cc1cccc(N[C@@H]2CC[C@H](NCc3ccc(F)cc3)C2)n1. The van der Waals surface area contributed by atoms with Crippen LogP contribution in [0.25, 0.3) is 0 Å². The number of aromatic nitrogens is 1. The van der Waals surface area contributed by atoms with Crippen molar-refractivity contribution < 1.29 is 4.39 Å². The van der Waals surface area contributed by atoms with Gasteiger partial charge in [0.25, 0.3) is 0 Å². The molecule has 0 unspecified atom stereocenters. The van der Waals surface area contributed by atoms with Crippen molar-refractivity contribution in [2.45, 2.75) is 44.8 Å². The fourth-order valence-electron chi connectivity index (χ4n) is 3.00. The summed E-state index contributed by atoms with van der Waals surface area (Å²) >= 11 is 0. The summed E-state index contributed by atoms with van der Waals surface area (Å²) in [5, 5.41) is 7.08. The van der Waals surface area contributed by atoms with Crippen molar-refractivity contribution in [3.8, 4) is 0 Å². The molecule has 0 amide bonds. The van der Waals surface area contributed by atoms with E-state index in [-0.39, 0.29) is 5.82 Å². The topological polar surface area (TPSA) is 37.0 Å². The first-order valence-electron chi connectivity index (χ1n) is 7.87. The molecule has 0 bridgehead atoms. The summed E-state index contributed by atoms with van der Waals surface area (Å²) in [5.74, 6) is 0.781. The molecule has 0 aliphatic heterocycles. The van der Waals surface area contributed by atoms with Gasteiger partial charge in [-0.25, -0.2) is 9.37 Å². The Morgan fingerprint density at radius 1 is 1.09 bits per heavy atom. The van der Waals surface area contributed by atoms with Crippen LogP contribution in [0, 0.1) is 12.7 Å². The molecule has 2 N–H and O–H groups in total. The van der Waals surface area contributed by atoms with E-state index in [1.807, 2.05) is 37.3 Å². The van der Waals surface area contributed by atoms with E-state index in [1.165, 1.54) is 12.1 Å². The zero-order valence-electron chi connectivity index (χ0n) is 12.8. The fraction of sp³-hybridized carbons (Fsp3) is 0.389. The minimum Gasteiger partial charge on any atom is -0.367 e. The summed E-state index contributed by atoms with van der Waals surface area (Å²) in [6.45, 7) is 2.80. The molecule has 2 aromatic rings. The quantitative estimate of drug-likeness (QED) is 0.885. The fourth-order valence-corrected chi connectivity index (χ4v) is 3.00. The Morgan fingerprint density at radius 2 is 1.86 bits per heavy atom. The van der Waals surface area contributed by atoms with Gasteiger partial charge < -0.3 is 10.6 Å². The highest BCUT2D eigenvalue weighted by Gasteiger charge is 2.24. The van der Waals surface area contributed by atoms with Crippen molar-refractivity contribution in [1.82, 2.24) is 10.3 Å². The molecule has 1 fully saturated rings. The number of anilines is 1. The van der Waals surface area contributed by atoms with Gasteiger partial charge in [0, 0.05) is 24.3 Å². The number of aryl methyl sites for hydroxylation is 1. The van der Waals surface area contributed by atoms with E-state index < -0.39 is 0 Å². The van der Waals surface area contributed by atoms with Crippen molar-refractivity contribution in [3.63, 3.8) is 0 Å². The van der Waals surface area contributed by atoms with Crippen molar-refractivity contribution >= 4 is 5.82 Å². The molecule has 1 heterocycles. The van der Waals surface area contributed by atoms with Crippen molar-refractivity contribution in [2.75, 3.05) is 5.32 Å². The molecule has 0 spiro atoms. The van der Waals surface area contributed by atoms with Gasteiger partial charge in [0.05, 0.1) is 0 Å². The third kappa shape index (κ3) is 4.04. The summed E-state index contributed by atoms with van der Waals surface area (Å²) in [4.78, 5) is 4.50. The van der Waals surface area contributed by atoms with Crippen LogP contribution in [0.2, 0.25) is 0 Å². The van der Waals surface area contributed by atoms with Crippen molar-refractivity contribution in [3.05, 3.63) is 59.5 Å². The van der Waals surface area contributed by atoms with Gasteiger partial charge in [0.1, 0.15) is 11.6 Å². The second kappa shape index (κ2) is 6.88. The zero-order chi connectivity index (χ0) is 15.4. The third-order valence-corrected chi connectivity index (χ3v) is 4.18. The Balaban J connectivity index is 1.47. The molecule has 1 aromatic carbocycles. The van der Waals surface area contributed by atoms with E-state index in [2.05, 4.69) is 15.6 Å². The van der Waals surface area contributed by atoms with Gasteiger partial charge in [-0.05, 0) is 56.0 Å². The summed E-state index contributed by atoms with van der Waals surface area (Å²) in [6.07, 6.45) is 3.40. The standard InChI is InChI=1S/C18H22FN3/c1-13-3-2-4-18(21-13)22-17-10-9-16(11-17)20-12-14-5-7-15(19)8-6-14/h2-8,16-17,20H,9-12H2,1H3,(H,21,22)/t16-,17+/m0/s1. The minimum atomic E-state index is -0.181. The second-order valence-electron chi connectivity index (χ2n) is 6.02. The van der Waals surface area contributed by atoms with Crippen LogP contribution in [0.15, 0.2) is 42.5 Å². The molecular formula is C18H22FN3. The highest BCUT2D eigenvalue weighted by atomic mass is 19.1. The summed E-state index contributed by atoms with van der Waals surface area (Å²) in [7, 11) is 0. The number of hydrogen-bond donors (Lipinski definition) is 2. The minimum absolute atomic E-state index is 0.181. The smallest absolute Gasteiger partial charge is 0.126 e. The molecule has 3 rings (SSSR count).